The smallest absolute Gasteiger partial charge is 0.317 e. The number of carboxylic acids is 1. The number of nitrogens with zero attached hydrogens (tertiary/aromatic N) is 1. The summed E-state index contributed by atoms with van der Waals surface area (Å²) >= 11 is 0. The van der Waals surface area contributed by atoms with Crippen LogP contribution in [0.2, 0.25) is 0 Å². The average molecular weight is 290 g/mol. The van der Waals surface area contributed by atoms with Crippen LogP contribution in [0.4, 0.5) is 4.79 Å². The van der Waals surface area contributed by atoms with Gasteiger partial charge in [0.05, 0.1) is 38.5 Å². The average Bonchev–Trinajstić information content (AvgIpc) is 2.72. The monoisotopic (exact) mass is 290 g/mol. The van der Waals surface area contributed by atoms with Crippen LogP contribution in [0.25, 0.3) is 0 Å². The van der Waals surface area contributed by atoms with E-state index in [2.05, 4.69) is 5.32 Å². The molecule has 0 aromatic rings. The molecule has 1 heterocycles. The summed E-state index contributed by atoms with van der Waals surface area (Å²) in [5.74, 6) is -1.01. The Balaban J connectivity index is 2.55. The second-order valence-electron chi connectivity index (χ2n) is 5.23. The van der Waals surface area contributed by atoms with Crippen LogP contribution in [0.1, 0.15) is 6.92 Å². The minimum atomic E-state index is -1.14. The quantitative estimate of drug-likeness (QED) is 0.586. The maximum absolute atomic E-state index is 12.0. The molecular formula is C12H22N2O6. The first kappa shape index (κ1) is 16.7. The highest BCUT2D eigenvalue weighted by Crippen LogP contribution is 2.28. The molecule has 0 bridgehead atoms. The minimum absolute atomic E-state index is 0.0588. The zero-order chi connectivity index (χ0) is 15.3. The number of hydrogen-bond donors (Lipinski definition) is 3. The van der Waals surface area contributed by atoms with Gasteiger partial charge < -0.3 is 29.9 Å². The lowest BCUT2D eigenvalue weighted by Crippen LogP contribution is -2.53. The van der Waals surface area contributed by atoms with Crippen LogP contribution in [0.3, 0.4) is 0 Å². The third-order valence-electron chi connectivity index (χ3n) is 3.43. The van der Waals surface area contributed by atoms with Crippen LogP contribution >= 0.6 is 0 Å². The lowest BCUT2D eigenvalue weighted by Gasteiger charge is -2.28. The largest absolute Gasteiger partial charge is 0.481 e. The Hall–Kier alpha value is -1.38. The molecule has 20 heavy (non-hydrogen) atoms. The van der Waals surface area contributed by atoms with Crippen molar-refractivity contribution in [3.05, 3.63) is 0 Å². The molecule has 1 aliphatic rings. The number of methoxy groups -OCH3 is 1. The van der Waals surface area contributed by atoms with Gasteiger partial charge >= 0.3 is 12.0 Å². The Labute approximate surface area is 117 Å². The van der Waals surface area contributed by atoms with Gasteiger partial charge in [-0.2, -0.15) is 0 Å². The highest BCUT2D eigenvalue weighted by molar-refractivity contribution is 5.79. The Kier molecular flexibility index (Phi) is 5.73. The van der Waals surface area contributed by atoms with Gasteiger partial charge in [0.15, 0.2) is 0 Å². The van der Waals surface area contributed by atoms with Crippen molar-refractivity contribution in [1.29, 1.82) is 0 Å². The number of nitrogens with one attached hydrogen (secondary N) is 1. The molecule has 8 nitrogen and oxygen atoms in total. The molecule has 1 rings (SSSR count). The fourth-order valence-electron chi connectivity index (χ4n) is 1.99. The maximum Gasteiger partial charge on any atom is 0.317 e. The topological polar surface area (TPSA) is 108 Å². The second kappa shape index (κ2) is 6.87. The van der Waals surface area contributed by atoms with E-state index in [0.717, 1.165) is 0 Å². The van der Waals surface area contributed by atoms with E-state index in [-0.39, 0.29) is 26.4 Å². The Morgan fingerprint density at radius 1 is 1.60 bits per heavy atom. The van der Waals surface area contributed by atoms with Gasteiger partial charge in [-0.15, -0.1) is 0 Å². The van der Waals surface area contributed by atoms with Gasteiger partial charge in [0.2, 0.25) is 0 Å². The third kappa shape index (κ3) is 3.81. The normalized spacial score (nSPS) is 27.1. The zero-order valence-electron chi connectivity index (χ0n) is 12.0. The van der Waals surface area contributed by atoms with Crippen molar-refractivity contribution >= 4 is 12.0 Å². The summed E-state index contributed by atoms with van der Waals surface area (Å²) in [6.07, 6.45) is -0.790. The molecule has 3 N–H and O–H groups in total. The van der Waals surface area contributed by atoms with Gasteiger partial charge in [0.25, 0.3) is 0 Å². The third-order valence-corrected chi connectivity index (χ3v) is 3.43. The Morgan fingerprint density at radius 2 is 2.25 bits per heavy atom. The number of aliphatic hydroxyl groups is 1. The minimum Gasteiger partial charge on any atom is -0.481 e. The predicted octanol–water partition coefficient (Wildman–Crippen LogP) is -0.875. The Bertz CT molecular complexity index is 364. The van der Waals surface area contributed by atoms with E-state index in [1.54, 1.807) is 0 Å². The number of amides is 2. The highest BCUT2D eigenvalue weighted by atomic mass is 16.5. The highest BCUT2D eigenvalue weighted by Gasteiger charge is 2.47. The van der Waals surface area contributed by atoms with Crippen molar-refractivity contribution in [1.82, 2.24) is 10.2 Å². The molecule has 0 saturated carbocycles. The molecule has 0 radical (unpaired) electrons. The molecule has 1 saturated heterocycles. The molecule has 8 heteroatoms. The molecule has 0 spiro atoms. The summed E-state index contributed by atoms with van der Waals surface area (Å²) in [6.45, 7) is 1.97. The predicted molar refractivity (Wildman–Crippen MR) is 69.4 cm³/mol. The van der Waals surface area contributed by atoms with Gasteiger partial charge in [-0.25, -0.2) is 4.79 Å². The molecule has 2 amide bonds. The summed E-state index contributed by atoms with van der Waals surface area (Å²) in [6, 6.07) is -1.06. The zero-order valence-corrected chi connectivity index (χ0v) is 12.0. The molecular weight excluding hydrogens is 268 g/mol. The van der Waals surface area contributed by atoms with Crippen molar-refractivity contribution in [3.8, 4) is 0 Å². The SMILES string of the molecule is COCC(O)CN(C)C(=O)NC1COCC1(C)C(=O)O. The van der Waals surface area contributed by atoms with Gasteiger partial charge in [-0.05, 0) is 6.92 Å². The van der Waals surface area contributed by atoms with Crippen molar-refractivity contribution in [2.45, 2.75) is 19.1 Å². The van der Waals surface area contributed by atoms with Crippen LogP contribution in [-0.4, -0.2) is 79.8 Å². The standard InChI is InChI=1S/C12H22N2O6/c1-12(10(16)17)7-20-6-9(12)13-11(18)14(2)4-8(15)5-19-3/h8-9,15H,4-7H2,1-3H3,(H,13,18)(H,16,17). The van der Waals surface area contributed by atoms with Crippen LogP contribution in [0.5, 0.6) is 0 Å². The van der Waals surface area contributed by atoms with Gasteiger partial charge in [0, 0.05) is 14.2 Å². The molecule has 1 aliphatic heterocycles. The number of urea groups is 1. The summed E-state index contributed by atoms with van der Waals surface area (Å²) in [5.41, 5.74) is -1.14. The van der Waals surface area contributed by atoms with Crippen LogP contribution in [-0.2, 0) is 14.3 Å². The van der Waals surface area contributed by atoms with Crippen LogP contribution in [0, 0.1) is 5.41 Å². The molecule has 116 valence electrons. The van der Waals surface area contributed by atoms with Crippen molar-refractivity contribution in [3.63, 3.8) is 0 Å². The fraction of sp³-hybridized carbons (Fsp3) is 0.833. The van der Waals surface area contributed by atoms with Gasteiger partial charge in [-0.3, -0.25) is 4.79 Å². The lowest BCUT2D eigenvalue weighted by atomic mass is 9.85. The van der Waals surface area contributed by atoms with Crippen molar-refractivity contribution in [2.75, 3.05) is 40.5 Å². The molecule has 0 aromatic heterocycles. The first-order chi connectivity index (χ1) is 9.31. The second-order valence-corrected chi connectivity index (χ2v) is 5.23. The number of rotatable bonds is 6. The number of carbonyl (C=O) groups is 2. The first-order valence-corrected chi connectivity index (χ1v) is 6.31. The molecule has 3 atom stereocenters. The van der Waals surface area contributed by atoms with Gasteiger partial charge in [0.1, 0.15) is 5.41 Å². The summed E-state index contributed by atoms with van der Waals surface area (Å²) in [5, 5.41) is 21.4. The summed E-state index contributed by atoms with van der Waals surface area (Å²) < 4.78 is 9.93. The van der Waals surface area contributed by atoms with E-state index in [1.165, 1.54) is 26.0 Å². The van der Waals surface area contributed by atoms with Crippen molar-refractivity contribution in [2.24, 2.45) is 5.41 Å². The van der Waals surface area contributed by atoms with E-state index in [1.807, 2.05) is 0 Å². The lowest BCUT2D eigenvalue weighted by molar-refractivity contribution is -0.148. The number of likely N-dealkylation sites (N-methyl/N-ethyl adjacent to an activating group) is 1. The van der Waals surface area contributed by atoms with Crippen LogP contribution < -0.4 is 5.32 Å². The summed E-state index contributed by atoms with van der Waals surface area (Å²) in [7, 11) is 2.97. The molecule has 3 unspecified atom stereocenters. The van der Waals surface area contributed by atoms with Crippen LogP contribution in [0.15, 0.2) is 0 Å². The Morgan fingerprint density at radius 3 is 2.80 bits per heavy atom. The number of carboxylic acid groups (broad SMARTS) is 1. The first-order valence-electron chi connectivity index (χ1n) is 6.31. The maximum atomic E-state index is 12.0. The number of aliphatic carboxylic acids is 1. The van der Waals surface area contributed by atoms with E-state index in [9.17, 15) is 19.8 Å². The van der Waals surface area contributed by atoms with Crippen molar-refractivity contribution < 1.29 is 29.3 Å². The summed E-state index contributed by atoms with van der Waals surface area (Å²) in [4.78, 5) is 24.5. The van der Waals surface area contributed by atoms with E-state index in [4.69, 9.17) is 9.47 Å². The molecule has 0 aliphatic carbocycles. The molecule has 0 aromatic carbocycles. The number of aliphatic hydroxyl groups excluding tert-OH is 1. The number of hydrogen-bond acceptors (Lipinski definition) is 5. The van der Waals surface area contributed by atoms with Gasteiger partial charge in [-0.1, -0.05) is 0 Å². The fourth-order valence-corrected chi connectivity index (χ4v) is 1.99. The van der Waals surface area contributed by atoms with E-state index < -0.39 is 29.6 Å². The number of carbonyl (C=O) groups excluding carboxylic acids is 1. The van der Waals surface area contributed by atoms with E-state index in [0.29, 0.717) is 0 Å². The van der Waals surface area contributed by atoms with E-state index >= 15 is 0 Å². The number of ether oxygens (including phenoxy) is 2. The molecule has 1 fully saturated rings.